The van der Waals surface area contributed by atoms with Gasteiger partial charge in [-0.1, -0.05) is 0 Å². The molecule has 0 aromatic carbocycles. The monoisotopic (exact) mass is 180 g/mol. The van der Waals surface area contributed by atoms with Gasteiger partial charge < -0.3 is 11.1 Å². The third kappa shape index (κ3) is 3.50. The summed E-state index contributed by atoms with van der Waals surface area (Å²) < 4.78 is 0. The molecule has 1 aromatic heterocycles. The van der Waals surface area contributed by atoms with Gasteiger partial charge in [-0.3, -0.25) is 4.79 Å². The van der Waals surface area contributed by atoms with Gasteiger partial charge in [-0.05, 0) is 13.0 Å². The second-order valence-corrected chi connectivity index (χ2v) is 2.79. The molecule has 1 unspecified atom stereocenters. The highest BCUT2D eigenvalue weighted by atomic mass is 16.1. The maximum atomic E-state index is 10.5. The van der Waals surface area contributed by atoms with Gasteiger partial charge in [-0.25, -0.2) is 9.97 Å². The number of nitrogens with one attached hydrogen (secondary N) is 1. The van der Waals surface area contributed by atoms with Crippen LogP contribution in [-0.2, 0) is 4.79 Å². The summed E-state index contributed by atoms with van der Waals surface area (Å²) in [4.78, 5) is 18.4. The van der Waals surface area contributed by atoms with E-state index in [4.69, 9.17) is 5.73 Å². The summed E-state index contributed by atoms with van der Waals surface area (Å²) >= 11 is 0. The number of hydrogen-bond donors (Lipinski definition) is 2. The predicted octanol–water partition coefficient (Wildman–Crippen LogP) is 0.152. The lowest BCUT2D eigenvalue weighted by Crippen LogP contribution is -2.24. The third-order valence-corrected chi connectivity index (χ3v) is 1.45. The standard InChI is InChI=1S/C8H12N4O/c1-6(5-7(9)13)12-8-10-3-2-4-11-8/h2-4,6H,5H2,1H3,(H2,9,13)(H,10,11,12). The molecular formula is C8H12N4O. The third-order valence-electron chi connectivity index (χ3n) is 1.45. The van der Waals surface area contributed by atoms with Gasteiger partial charge in [0.15, 0.2) is 0 Å². The van der Waals surface area contributed by atoms with Crippen molar-refractivity contribution in [1.82, 2.24) is 9.97 Å². The number of aromatic nitrogens is 2. The fourth-order valence-corrected chi connectivity index (χ4v) is 0.947. The summed E-state index contributed by atoms with van der Waals surface area (Å²) in [5, 5.41) is 2.95. The van der Waals surface area contributed by atoms with Crippen molar-refractivity contribution >= 4 is 11.9 Å². The zero-order chi connectivity index (χ0) is 9.68. The first-order valence-corrected chi connectivity index (χ1v) is 4.00. The highest BCUT2D eigenvalue weighted by Crippen LogP contribution is 2.00. The van der Waals surface area contributed by atoms with Crippen molar-refractivity contribution in [2.45, 2.75) is 19.4 Å². The predicted molar refractivity (Wildman–Crippen MR) is 48.9 cm³/mol. The summed E-state index contributed by atoms with van der Waals surface area (Å²) in [6.45, 7) is 1.85. The van der Waals surface area contributed by atoms with Crippen LogP contribution in [-0.4, -0.2) is 21.9 Å². The SMILES string of the molecule is CC(CC(N)=O)Nc1ncccn1. The van der Waals surface area contributed by atoms with Gasteiger partial charge in [0.1, 0.15) is 0 Å². The zero-order valence-corrected chi connectivity index (χ0v) is 7.40. The molecule has 0 fully saturated rings. The number of nitrogens with zero attached hydrogens (tertiary/aromatic N) is 2. The van der Waals surface area contributed by atoms with Crippen molar-refractivity contribution in [3.8, 4) is 0 Å². The average Bonchev–Trinajstić information content (AvgIpc) is 2.04. The van der Waals surface area contributed by atoms with Gasteiger partial charge in [0, 0.05) is 24.9 Å². The summed E-state index contributed by atoms with van der Waals surface area (Å²) in [5.74, 6) is 0.173. The molecule has 0 aliphatic rings. The van der Waals surface area contributed by atoms with Gasteiger partial charge in [0.2, 0.25) is 11.9 Å². The van der Waals surface area contributed by atoms with Crippen LogP contribution in [0.15, 0.2) is 18.5 Å². The topological polar surface area (TPSA) is 80.9 Å². The Labute approximate surface area is 76.4 Å². The highest BCUT2D eigenvalue weighted by molar-refractivity contribution is 5.74. The first-order valence-electron chi connectivity index (χ1n) is 4.00. The Hall–Kier alpha value is -1.65. The number of carbonyl (C=O) groups excluding carboxylic acids is 1. The number of carbonyl (C=O) groups is 1. The van der Waals surface area contributed by atoms with E-state index in [-0.39, 0.29) is 18.4 Å². The fraction of sp³-hybridized carbons (Fsp3) is 0.375. The van der Waals surface area contributed by atoms with E-state index in [9.17, 15) is 4.79 Å². The Balaban J connectivity index is 2.45. The number of anilines is 1. The number of nitrogens with two attached hydrogens (primary N) is 1. The minimum absolute atomic E-state index is 0.0418. The summed E-state index contributed by atoms with van der Waals surface area (Å²) in [7, 11) is 0. The van der Waals surface area contributed by atoms with E-state index in [0.29, 0.717) is 5.95 Å². The van der Waals surface area contributed by atoms with Crippen LogP contribution in [0, 0.1) is 0 Å². The molecule has 3 N–H and O–H groups in total. The molecule has 0 radical (unpaired) electrons. The molecule has 1 rings (SSSR count). The van der Waals surface area contributed by atoms with E-state index in [1.165, 1.54) is 0 Å². The molecule has 0 aliphatic carbocycles. The lowest BCUT2D eigenvalue weighted by Gasteiger charge is -2.10. The Morgan fingerprint density at radius 1 is 1.62 bits per heavy atom. The Morgan fingerprint density at radius 3 is 2.77 bits per heavy atom. The van der Waals surface area contributed by atoms with Crippen molar-refractivity contribution in [1.29, 1.82) is 0 Å². The molecule has 5 heteroatoms. The van der Waals surface area contributed by atoms with Gasteiger partial charge in [-0.2, -0.15) is 0 Å². The molecule has 1 heterocycles. The molecule has 0 saturated heterocycles. The van der Waals surface area contributed by atoms with E-state index >= 15 is 0 Å². The zero-order valence-electron chi connectivity index (χ0n) is 7.40. The average molecular weight is 180 g/mol. The minimum atomic E-state index is -0.337. The lowest BCUT2D eigenvalue weighted by atomic mass is 10.2. The van der Waals surface area contributed by atoms with Gasteiger partial charge in [-0.15, -0.1) is 0 Å². The van der Waals surface area contributed by atoms with Crippen LogP contribution in [0.5, 0.6) is 0 Å². The summed E-state index contributed by atoms with van der Waals surface area (Å²) in [5.41, 5.74) is 5.03. The first-order chi connectivity index (χ1) is 6.18. The first kappa shape index (κ1) is 9.44. The van der Waals surface area contributed by atoms with Gasteiger partial charge in [0.05, 0.1) is 0 Å². The van der Waals surface area contributed by atoms with Gasteiger partial charge in [0.25, 0.3) is 0 Å². The van der Waals surface area contributed by atoms with E-state index < -0.39 is 0 Å². The van der Waals surface area contributed by atoms with Crippen LogP contribution >= 0.6 is 0 Å². The van der Waals surface area contributed by atoms with Gasteiger partial charge >= 0.3 is 0 Å². The van der Waals surface area contributed by atoms with E-state index in [1.54, 1.807) is 18.5 Å². The Bertz CT molecular complexity index is 275. The molecule has 1 atom stereocenters. The number of rotatable bonds is 4. The second-order valence-electron chi connectivity index (χ2n) is 2.79. The minimum Gasteiger partial charge on any atom is -0.370 e. The largest absolute Gasteiger partial charge is 0.370 e. The van der Waals surface area contributed by atoms with Crippen LogP contribution in [0.4, 0.5) is 5.95 Å². The molecule has 0 saturated carbocycles. The van der Waals surface area contributed by atoms with Crippen molar-refractivity contribution in [3.63, 3.8) is 0 Å². The quantitative estimate of drug-likeness (QED) is 0.691. The molecular weight excluding hydrogens is 168 g/mol. The Morgan fingerprint density at radius 2 is 2.23 bits per heavy atom. The summed E-state index contributed by atoms with van der Waals surface area (Å²) in [6.07, 6.45) is 3.54. The van der Waals surface area contributed by atoms with Crippen LogP contribution < -0.4 is 11.1 Å². The van der Waals surface area contributed by atoms with Crippen molar-refractivity contribution in [2.75, 3.05) is 5.32 Å². The highest BCUT2D eigenvalue weighted by Gasteiger charge is 2.05. The Kier molecular flexibility index (Phi) is 3.19. The van der Waals surface area contributed by atoms with Crippen molar-refractivity contribution in [2.24, 2.45) is 5.73 Å². The van der Waals surface area contributed by atoms with Crippen molar-refractivity contribution < 1.29 is 4.79 Å². The lowest BCUT2D eigenvalue weighted by molar-refractivity contribution is -0.118. The number of primary amides is 1. The van der Waals surface area contributed by atoms with Crippen LogP contribution in [0.25, 0.3) is 0 Å². The normalized spacial score (nSPS) is 12.1. The van der Waals surface area contributed by atoms with E-state index in [2.05, 4.69) is 15.3 Å². The number of amides is 1. The molecule has 70 valence electrons. The molecule has 0 aliphatic heterocycles. The molecule has 1 amide bonds. The molecule has 0 bridgehead atoms. The van der Waals surface area contributed by atoms with E-state index in [0.717, 1.165) is 0 Å². The molecule has 0 spiro atoms. The van der Waals surface area contributed by atoms with E-state index in [1.807, 2.05) is 6.92 Å². The maximum Gasteiger partial charge on any atom is 0.222 e. The molecule has 1 aromatic rings. The fourth-order valence-electron chi connectivity index (χ4n) is 0.947. The molecule has 5 nitrogen and oxygen atoms in total. The van der Waals surface area contributed by atoms with Crippen LogP contribution in [0.2, 0.25) is 0 Å². The van der Waals surface area contributed by atoms with Crippen LogP contribution in [0.3, 0.4) is 0 Å². The van der Waals surface area contributed by atoms with Crippen LogP contribution in [0.1, 0.15) is 13.3 Å². The maximum absolute atomic E-state index is 10.5. The summed E-state index contributed by atoms with van der Waals surface area (Å²) in [6, 6.07) is 1.68. The molecule has 13 heavy (non-hydrogen) atoms. The smallest absolute Gasteiger partial charge is 0.222 e. The number of hydrogen-bond acceptors (Lipinski definition) is 4. The van der Waals surface area contributed by atoms with Crippen molar-refractivity contribution in [3.05, 3.63) is 18.5 Å². The second kappa shape index (κ2) is 4.39.